The second kappa shape index (κ2) is 5.56. The van der Waals surface area contributed by atoms with Crippen molar-refractivity contribution in [1.82, 2.24) is 10.2 Å². The van der Waals surface area contributed by atoms with Gasteiger partial charge in [0.25, 0.3) is 0 Å². The third kappa shape index (κ3) is 2.75. The van der Waals surface area contributed by atoms with E-state index in [1.54, 1.807) is 11.8 Å². The lowest BCUT2D eigenvalue weighted by molar-refractivity contribution is -0.133. The summed E-state index contributed by atoms with van der Waals surface area (Å²) in [6.07, 6.45) is 0.362. The van der Waals surface area contributed by atoms with Crippen molar-refractivity contribution in [2.75, 3.05) is 6.54 Å². The van der Waals surface area contributed by atoms with Crippen molar-refractivity contribution >= 4 is 22.6 Å². The van der Waals surface area contributed by atoms with Crippen molar-refractivity contribution in [1.29, 1.82) is 0 Å². The summed E-state index contributed by atoms with van der Waals surface area (Å²) in [6, 6.07) is 13.8. The molecule has 1 atom stereocenters. The number of hydrogen-bond donors (Lipinski definition) is 1. The summed E-state index contributed by atoms with van der Waals surface area (Å²) >= 11 is 0. The molecule has 0 aromatic heterocycles. The molecule has 1 unspecified atom stereocenters. The molecule has 2 aromatic rings. The first kappa shape index (κ1) is 13.6. The smallest absolute Gasteiger partial charge is 0.245 e. The number of carbonyl (C=O) groups is 2. The van der Waals surface area contributed by atoms with Crippen LogP contribution in [0.1, 0.15) is 18.9 Å². The van der Waals surface area contributed by atoms with E-state index in [9.17, 15) is 9.59 Å². The predicted octanol–water partition coefficient (Wildman–Crippen LogP) is 2.08. The largest absolute Gasteiger partial charge is 0.345 e. The van der Waals surface area contributed by atoms with E-state index in [1.807, 2.05) is 24.3 Å². The fourth-order valence-electron chi connectivity index (χ4n) is 2.79. The maximum absolute atomic E-state index is 12.3. The fourth-order valence-corrected chi connectivity index (χ4v) is 2.79. The number of benzene rings is 2. The van der Waals surface area contributed by atoms with Gasteiger partial charge in [-0.3, -0.25) is 9.59 Å². The molecule has 108 valence electrons. The van der Waals surface area contributed by atoms with Gasteiger partial charge in [-0.2, -0.15) is 0 Å². The number of nitrogens with zero attached hydrogens (tertiary/aromatic N) is 1. The highest BCUT2D eigenvalue weighted by atomic mass is 16.2. The predicted molar refractivity (Wildman–Crippen MR) is 81.6 cm³/mol. The number of fused-ring (bicyclic) bond motifs is 1. The molecule has 2 aromatic carbocycles. The van der Waals surface area contributed by atoms with Crippen LogP contribution < -0.4 is 5.32 Å². The Morgan fingerprint density at radius 1 is 1.14 bits per heavy atom. The van der Waals surface area contributed by atoms with Crippen LogP contribution in [0.15, 0.2) is 42.5 Å². The topological polar surface area (TPSA) is 49.4 Å². The Bertz CT molecular complexity index is 691. The summed E-state index contributed by atoms with van der Waals surface area (Å²) < 4.78 is 0. The highest BCUT2D eigenvalue weighted by Crippen LogP contribution is 2.20. The minimum Gasteiger partial charge on any atom is -0.345 e. The molecule has 2 amide bonds. The summed E-state index contributed by atoms with van der Waals surface area (Å²) in [5.41, 5.74) is 1.11. The lowest BCUT2D eigenvalue weighted by Crippen LogP contribution is -2.42. The van der Waals surface area contributed by atoms with Gasteiger partial charge in [0, 0.05) is 19.5 Å². The van der Waals surface area contributed by atoms with Crippen molar-refractivity contribution in [2.45, 2.75) is 25.9 Å². The van der Waals surface area contributed by atoms with E-state index in [0.29, 0.717) is 19.5 Å². The lowest BCUT2D eigenvalue weighted by atomic mass is 10.0. The van der Waals surface area contributed by atoms with E-state index in [-0.39, 0.29) is 11.8 Å². The third-order valence-electron chi connectivity index (χ3n) is 3.91. The summed E-state index contributed by atoms with van der Waals surface area (Å²) in [5, 5.41) is 5.04. The van der Waals surface area contributed by atoms with Gasteiger partial charge >= 0.3 is 0 Å². The van der Waals surface area contributed by atoms with Crippen molar-refractivity contribution in [3.8, 4) is 0 Å². The molecule has 1 saturated heterocycles. The SMILES string of the molecule is CC1NC(=O)CCN(Cc2cccc3ccccc23)C1=O. The van der Waals surface area contributed by atoms with Crippen LogP contribution in [-0.4, -0.2) is 29.3 Å². The lowest BCUT2D eigenvalue weighted by Gasteiger charge is -2.23. The zero-order chi connectivity index (χ0) is 14.8. The first-order valence-electron chi connectivity index (χ1n) is 7.20. The Kier molecular flexibility index (Phi) is 3.60. The first-order chi connectivity index (χ1) is 10.1. The quantitative estimate of drug-likeness (QED) is 0.916. The maximum atomic E-state index is 12.3. The standard InChI is InChI=1S/C17H18N2O2/c1-12-17(21)19(10-9-16(20)18-12)11-14-7-4-6-13-5-2-3-8-15(13)14/h2-8,12H,9-11H2,1H3,(H,18,20). The van der Waals surface area contributed by atoms with Gasteiger partial charge in [0.05, 0.1) is 0 Å². The zero-order valence-electron chi connectivity index (χ0n) is 12.0. The molecule has 1 heterocycles. The van der Waals surface area contributed by atoms with Gasteiger partial charge in [-0.15, -0.1) is 0 Å². The highest BCUT2D eigenvalue weighted by molar-refractivity contribution is 5.90. The molecule has 4 heteroatoms. The molecule has 0 spiro atoms. The minimum absolute atomic E-state index is 0.0196. The van der Waals surface area contributed by atoms with Gasteiger partial charge in [0.1, 0.15) is 6.04 Å². The Morgan fingerprint density at radius 3 is 2.76 bits per heavy atom. The summed E-state index contributed by atoms with van der Waals surface area (Å²) in [5.74, 6) is -0.0787. The second-order valence-corrected chi connectivity index (χ2v) is 5.44. The van der Waals surface area contributed by atoms with Crippen LogP contribution in [-0.2, 0) is 16.1 Å². The summed E-state index contributed by atoms with van der Waals surface area (Å²) in [7, 11) is 0. The van der Waals surface area contributed by atoms with Crippen LogP contribution in [0.4, 0.5) is 0 Å². The molecule has 0 radical (unpaired) electrons. The number of carbonyl (C=O) groups excluding carboxylic acids is 2. The minimum atomic E-state index is -0.449. The van der Waals surface area contributed by atoms with Crippen LogP contribution in [0.2, 0.25) is 0 Å². The van der Waals surface area contributed by atoms with Crippen LogP contribution in [0, 0.1) is 0 Å². The van der Waals surface area contributed by atoms with E-state index < -0.39 is 6.04 Å². The maximum Gasteiger partial charge on any atom is 0.245 e. The Balaban J connectivity index is 1.90. The summed E-state index contributed by atoms with van der Waals surface area (Å²) in [4.78, 5) is 25.7. The van der Waals surface area contributed by atoms with E-state index in [4.69, 9.17) is 0 Å². The zero-order valence-corrected chi connectivity index (χ0v) is 12.0. The monoisotopic (exact) mass is 282 g/mol. The van der Waals surface area contributed by atoms with E-state index in [0.717, 1.165) is 10.9 Å². The van der Waals surface area contributed by atoms with Crippen LogP contribution in [0.25, 0.3) is 10.8 Å². The molecular weight excluding hydrogens is 264 g/mol. The van der Waals surface area contributed by atoms with Crippen molar-refractivity contribution in [2.24, 2.45) is 0 Å². The van der Waals surface area contributed by atoms with Crippen molar-refractivity contribution in [3.05, 3.63) is 48.0 Å². The number of rotatable bonds is 2. The Hall–Kier alpha value is -2.36. The van der Waals surface area contributed by atoms with E-state index in [1.165, 1.54) is 5.39 Å². The van der Waals surface area contributed by atoms with Gasteiger partial charge in [-0.05, 0) is 23.3 Å². The molecular formula is C17H18N2O2. The van der Waals surface area contributed by atoms with Crippen LogP contribution >= 0.6 is 0 Å². The molecule has 3 rings (SSSR count). The Labute approximate surface area is 123 Å². The number of nitrogens with one attached hydrogen (secondary N) is 1. The fraction of sp³-hybridized carbons (Fsp3) is 0.294. The highest BCUT2D eigenvalue weighted by Gasteiger charge is 2.26. The number of hydrogen-bond acceptors (Lipinski definition) is 2. The van der Waals surface area contributed by atoms with E-state index in [2.05, 4.69) is 23.5 Å². The van der Waals surface area contributed by atoms with Crippen LogP contribution in [0.3, 0.4) is 0 Å². The molecule has 0 bridgehead atoms. The second-order valence-electron chi connectivity index (χ2n) is 5.44. The molecule has 1 aliphatic heterocycles. The van der Waals surface area contributed by atoms with Crippen LogP contribution in [0.5, 0.6) is 0 Å². The average Bonchev–Trinajstić information content (AvgIpc) is 2.61. The molecule has 4 nitrogen and oxygen atoms in total. The van der Waals surface area contributed by atoms with Gasteiger partial charge < -0.3 is 10.2 Å². The number of amides is 2. The molecule has 1 N–H and O–H groups in total. The summed E-state index contributed by atoms with van der Waals surface area (Å²) in [6.45, 7) is 2.75. The van der Waals surface area contributed by atoms with Crippen molar-refractivity contribution in [3.63, 3.8) is 0 Å². The van der Waals surface area contributed by atoms with Gasteiger partial charge in [-0.25, -0.2) is 0 Å². The third-order valence-corrected chi connectivity index (χ3v) is 3.91. The van der Waals surface area contributed by atoms with Gasteiger partial charge in [0.2, 0.25) is 11.8 Å². The normalized spacial score (nSPS) is 19.5. The molecule has 1 aliphatic rings. The molecule has 21 heavy (non-hydrogen) atoms. The van der Waals surface area contributed by atoms with Crippen molar-refractivity contribution < 1.29 is 9.59 Å². The molecule has 1 fully saturated rings. The average molecular weight is 282 g/mol. The van der Waals surface area contributed by atoms with Gasteiger partial charge in [0.15, 0.2) is 0 Å². The molecule has 0 saturated carbocycles. The Morgan fingerprint density at radius 2 is 1.90 bits per heavy atom. The van der Waals surface area contributed by atoms with Gasteiger partial charge in [-0.1, -0.05) is 42.5 Å². The first-order valence-corrected chi connectivity index (χ1v) is 7.20. The molecule has 0 aliphatic carbocycles. The van der Waals surface area contributed by atoms with E-state index >= 15 is 0 Å².